The molecule has 0 saturated heterocycles. The average molecular weight is 285 g/mol. The predicted molar refractivity (Wildman–Crippen MR) is 78.4 cm³/mol. The standard InChI is InChI=1S/C15H27NO4/c1-6-11-19-13(17)12(2)9-7-8-10-16-14(18)20-15(3,4)5/h6,12H,1,7-11H2,2-5H3,(H,16,18). The van der Waals surface area contributed by atoms with E-state index in [0.29, 0.717) is 6.54 Å². The van der Waals surface area contributed by atoms with Crippen molar-refractivity contribution in [2.75, 3.05) is 13.2 Å². The number of carbonyl (C=O) groups excluding carboxylic acids is 2. The van der Waals surface area contributed by atoms with Gasteiger partial charge in [-0.05, 0) is 33.6 Å². The van der Waals surface area contributed by atoms with Crippen molar-refractivity contribution in [2.45, 2.75) is 52.6 Å². The predicted octanol–water partition coefficient (Wildman–Crippen LogP) is 3.05. The normalized spacial score (nSPS) is 12.4. The van der Waals surface area contributed by atoms with E-state index in [2.05, 4.69) is 11.9 Å². The molecule has 0 fully saturated rings. The lowest BCUT2D eigenvalue weighted by Crippen LogP contribution is -2.33. The van der Waals surface area contributed by atoms with Gasteiger partial charge >= 0.3 is 12.1 Å². The molecule has 116 valence electrons. The van der Waals surface area contributed by atoms with Crippen molar-refractivity contribution >= 4 is 12.1 Å². The molecule has 0 aliphatic rings. The first-order chi connectivity index (χ1) is 9.26. The minimum atomic E-state index is -0.479. The van der Waals surface area contributed by atoms with E-state index in [0.717, 1.165) is 19.3 Å². The third-order valence-electron chi connectivity index (χ3n) is 2.48. The van der Waals surface area contributed by atoms with Gasteiger partial charge in [-0.25, -0.2) is 4.79 Å². The summed E-state index contributed by atoms with van der Waals surface area (Å²) in [4.78, 5) is 22.8. The van der Waals surface area contributed by atoms with Crippen LogP contribution < -0.4 is 5.32 Å². The summed E-state index contributed by atoms with van der Waals surface area (Å²) in [5, 5.41) is 2.69. The highest BCUT2D eigenvalue weighted by molar-refractivity contribution is 5.72. The molecule has 0 spiro atoms. The molecule has 1 unspecified atom stereocenters. The Bertz CT molecular complexity index is 320. The van der Waals surface area contributed by atoms with Crippen molar-refractivity contribution in [1.29, 1.82) is 0 Å². The van der Waals surface area contributed by atoms with Crippen molar-refractivity contribution in [3.8, 4) is 0 Å². The third-order valence-corrected chi connectivity index (χ3v) is 2.48. The quantitative estimate of drug-likeness (QED) is 0.423. The monoisotopic (exact) mass is 285 g/mol. The van der Waals surface area contributed by atoms with Gasteiger partial charge in [-0.2, -0.15) is 0 Å². The van der Waals surface area contributed by atoms with E-state index in [1.165, 1.54) is 0 Å². The molecule has 1 N–H and O–H groups in total. The zero-order valence-electron chi connectivity index (χ0n) is 13.0. The molecular formula is C15H27NO4. The summed E-state index contributed by atoms with van der Waals surface area (Å²) >= 11 is 0. The van der Waals surface area contributed by atoms with Gasteiger partial charge in [0.05, 0.1) is 5.92 Å². The van der Waals surface area contributed by atoms with Crippen molar-refractivity contribution < 1.29 is 19.1 Å². The summed E-state index contributed by atoms with van der Waals surface area (Å²) in [5.74, 6) is -0.332. The molecule has 5 nitrogen and oxygen atoms in total. The molecule has 20 heavy (non-hydrogen) atoms. The van der Waals surface area contributed by atoms with E-state index in [1.54, 1.807) is 6.08 Å². The van der Waals surface area contributed by atoms with Gasteiger partial charge in [0.15, 0.2) is 0 Å². The van der Waals surface area contributed by atoms with Crippen LogP contribution in [0.15, 0.2) is 12.7 Å². The third kappa shape index (κ3) is 10.4. The maximum absolute atomic E-state index is 11.5. The molecule has 0 radical (unpaired) electrons. The van der Waals surface area contributed by atoms with Gasteiger partial charge in [0.2, 0.25) is 0 Å². The van der Waals surface area contributed by atoms with Crippen LogP contribution >= 0.6 is 0 Å². The lowest BCUT2D eigenvalue weighted by Gasteiger charge is -2.19. The van der Waals surface area contributed by atoms with Gasteiger partial charge in [-0.1, -0.05) is 26.0 Å². The Morgan fingerprint density at radius 3 is 2.50 bits per heavy atom. The van der Waals surface area contributed by atoms with E-state index in [-0.39, 0.29) is 18.5 Å². The molecule has 0 heterocycles. The number of esters is 1. The second-order valence-electron chi connectivity index (χ2n) is 5.74. The molecule has 0 rings (SSSR count). The first-order valence-electron chi connectivity index (χ1n) is 7.00. The fraction of sp³-hybridized carbons (Fsp3) is 0.733. The number of hydrogen-bond donors (Lipinski definition) is 1. The summed E-state index contributed by atoms with van der Waals surface area (Å²) in [6, 6.07) is 0. The van der Waals surface area contributed by atoms with Gasteiger partial charge in [0, 0.05) is 6.54 Å². The molecule has 1 atom stereocenters. The van der Waals surface area contributed by atoms with Crippen molar-refractivity contribution in [3.63, 3.8) is 0 Å². The van der Waals surface area contributed by atoms with E-state index in [9.17, 15) is 9.59 Å². The molecule has 5 heteroatoms. The van der Waals surface area contributed by atoms with Gasteiger partial charge in [0.1, 0.15) is 12.2 Å². The summed E-state index contributed by atoms with van der Waals surface area (Å²) in [6.45, 7) is 11.6. The highest BCUT2D eigenvalue weighted by atomic mass is 16.6. The summed E-state index contributed by atoms with van der Waals surface area (Å²) in [7, 11) is 0. The minimum Gasteiger partial charge on any atom is -0.461 e. The molecule has 0 bridgehead atoms. The Morgan fingerprint density at radius 2 is 1.95 bits per heavy atom. The first-order valence-corrected chi connectivity index (χ1v) is 7.00. The Labute approximate surface area is 121 Å². The van der Waals surface area contributed by atoms with Crippen molar-refractivity contribution in [3.05, 3.63) is 12.7 Å². The number of nitrogens with one attached hydrogen (secondary N) is 1. The van der Waals surface area contributed by atoms with Crippen LogP contribution in [0.2, 0.25) is 0 Å². The number of amides is 1. The maximum atomic E-state index is 11.5. The molecule has 0 aliphatic carbocycles. The highest BCUT2D eigenvalue weighted by Gasteiger charge is 2.16. The molecule has 1 amide bonds. The lowest BCUT2D eigenvalue weighted by atomic mass is 10.0. The number of unbranched alkanes of at least 4 members (excludes halogenated alkanes) is 1. The van der Waals surface area contributed by atoms with Crippen LogP contribution in [0.3, 0.4) is 0 Å². The van der Waals surface area contributed by atoms with Crippen LogP contribution in [0.4, 0.5) is 4.79 Å². The smallest absolute Gasteiger partial charge is 0.407 e. The molecule has 0 aliphatic heterocycles. The maximum Gasteiger partial charge on any atom is 0.407 e. The Morgan fingerprint density at radius 1 is 1.30 bits per heavy atom. The number of carbonyl (C=O) groups is 2. The largest absolute Gasteiger partial charge is 0.461 e. The highest BCUT2D eigenvalue weighted by Crippen LogP contribution is 2.10. The van der Waals surface area contributed by atoms with Crippen molar-refractivity contribution in [2.24, 2.45) is 5.92 Å². The SMILES string of the molecule is C=CCOC(=O)C(C)CCCCNC(=O)OC(C)(C)C. The minimum absolute atomic E-state index is 0.128. The van der Waals surface area contributed by atoms with Crippen LogP contribution in [0.25, 0.3) is 0 Å². The van der Waals surface area contributed by atoms with Gasteiger partial charge in [0.25, 0.3) is 0 Å². The Kier molecular flexibility index (Phi) is 8.68. The lowest BCUT2D eigenvalue weighted by molar-refractivity contribution is -0.146. The van der Waals surface area contributed by atoms with E-state index >= 15 is 0 Å². The number of alkyl carbamates (subject to hydrolysis) is 1. The van der Waals surface area contributed by atoms with E-state index in [1.807, 2.05) is 27.7 Å². The average Bonchev–Trinajstić information content (AvgIpc) is 2.32. The van der Waals surface area contributed by atoms with Gasteiger partial charge in [-0.3, -0.25) is 4.79 Å². The topological polar surface area (TPSA) is 64.6 Å². The van der Waals surface area contributed by atoms with Gasteiger partial charge < -0.3 is 14.8 Å². The second kappa shape index (κ2) is 9.39. The number of hydrogen-bond acceptors (Lipinski definition) is 4. The zero-order valence-corrected chi connectivity index (χ0v) is 13.0. The second-order valence-corrected chi connectivity index (χ2v) is 5.74. The van der Waals surface area contributed by atoms with E-state index in [4.69, 9.17) is 9.47 Å². The van der Waals surface area contributed by atoms with Gasteiger partial charge in [-0.15, -0.1) is 0 Å². The number of ether oxygens (including phenoxy) is 2. The first kappa shape index (κ1) is 18.5. The van der Waals surface area contributed by atoms with Crippen LogP contribution in [-0.4, -0.2) is 30.8 Å². The van der Waals surface area contributed by atoms with Crippen LogP contribution in [-0.2, 0) is 14.3 Å². The molecule has 0 aromatic carbocycles. The Hall–Kier alpha value is -1.52. The molecule has 0 aromatic rings. The summed E-state index contributed by atoms with van der Waals surface area (Å²) < 4.78 is 10.1. The van der Waals surface area contributed by atoms with Crippen LogP contribution in [0.5, 0.6) is 0 Å². The summed E-state index contributed by atoms with van der Waals surface area (Å²) in [5.41, 5.74) is -0.479. The molecule has 0 saturated carbocycles. The summed E-state index contributed by atoms with van der Waals surface area (Å²) in [6.07, 6.45) is 3.54. The van der Waals surface area contributed by atoms with E-state index < -0.39 is 11.7 Å². The molecule has 0 aromatic heterocycles. The number of rotatable bonds is 8. The Balaban J connectivity index is 3.64. The van der Waals surface area contributed by atoms with Crippen LogP contribution in [0.1, 0.15) is 47.0 Å². The molecular weight excluding hydrogens is 258 g/mol. The fourth-order valence-electron chi connectivity index (χ4n) is 1.48. The van der Waals surface area contributed by atoms with Crippen molar-refractivity contribution in [1.82, 2.24) is 5.32 Å². The fourth-order valence-corrected chi connectivity index (χ4v) is 1.48. The van der Waals surface area contributed by atoms with Crippen LogP contribution in [0, 0.1) is 5.92 Å². The zero-order chi connectivity index (χ0) is 15.6.